The standard InChI is InChI=1S/C14H27N5O/c1-7-9-11(5)19(6)13-16-12(15-8-2)17-14(18-13)20-10(3)4/h10-11H,7-9H2,1-6H3,(H,15,16,17,18). The van der Waals surface area contributed by atoms with Crippen LogP contribution < -0.4 is 15.0 Å². The summed E-state index contributed by atoms with van der Waals surface area (Å²) in [6.07, 6.45) is 2.27. The largest absolute Gasteiger partial charge is 0.461 e. The molecule has 0 fully saturated rings. The summed E-state index contributed by atoms with van der Waals surface area (Å²) in [6, 6.07) is 0.750. The van der Waals surface area contributed by atoms with Gasteiger partial charge in [-0.25, -0.2) is 0 Å². The van der Waals surface area contributed by atoms with Crippen molar-refractivity contribution in [2.75, 3.05) is 23.8 Å². The van der Waals surface area contributed by atoms with E-state index in [0.717, 1.165) is 19.4 Å². The molecule has 1 aromatic heterocycles. The van der Waals surface area contributed by atoms with Crippen molar-refractivity contribution in [1.82, 2.24) is 15.0 Å². The van der Waals surface area contributed by atoms with Gasteiger partial charge in [-0.15, -0.1) is 0 Å². The van der Waals surface area contributed by atoms with Gasteiger partial charge >= 0.3 is 6.01 Å². The minimum absolute atomic E-state index is 0.0399. The van der Waals surface area contributed by atoms with Crippen LogP contribution in [0, 0.1) is 0 Å². The van der Waals surface area contributed by atoms with E-state index in [1.807, 2.05) is 27.8 Å². The fourth-order valence-corrected chi connectivity index (χ4v) is 1.81. The van der Waals surface area contributed by atoms with Crippen molar-refractivity contribution >= 4 is 11.9 Å². The first kappa shape index (κ1) is 16.5. The highest BCUT2D eigenvalue weighted by molar-refractivity contribution is 5.38. The Morgan fingerprint density at radius 1 is 1.15 bits per heavy atom. The van der Waals surface area contributed by atoms with E-state index >= 15 is 0 Å². The smallest absolute Gasteiger partial charge is 0.323 e. The lowest BCUT2D eigenvalue weighted by Gasteiger charge is -2.25. The van der Waals surface area contributed by atoms with Crippen molar-refractivity contribution in [1.29, 1.82) is 0 Å². The van der Waals surface area contributed by atoms with Gasteiger partial charge in [-0.3, -0.25) is 0 Å². The second kappa shape index (κ2) is 7.87. The Morgan fingerprint density at radius 3 is 2.40 bits per heavy atom. The molecule has 0 aliphatic rings. The molecule has 1 unspecified atom stereocenters. The van der Waals surface area contributed by atoms with Crippen LogP contribution in [0.2, 0.25) is 0 Å². The Bertz CT molecular complexity index is 411. The fourth-order valence-electron chi connectivity index (χ4n) is 1.81. The van der Waals surface area contributed by atoms with Gasteiger partial charge in [-0.1, -0.05) is 13.3 Å². The molecule has 6 nitrogen and oxygen atoms in total. The Kier molecular flexibility index (Phi) is 6.48. The lowest BCUT2D eigenvalue weighted by Crippen LogP contribution is -2.31. The molecule has 1 heterocycles. The van der Waals surface area contributed by atoms with Crippen molar-refractivity contribution in [3.8, 4) is 6.01 Å². The van der Waals surface area contributed by atoms with Crippen LogP contribution in [0.4, 0.5) is 11.9 Å². The summed E-state index contributed by atoms with van der Waals surface area (Å²) in [4.78, 5) is 15.2. The van der Waals surface area contributed by atoms with E-state index in [9.17, 15) is 0 Å². The Labute approximate surface area is 122 Å². The van der Waals surface area contributed by atoms with E-state index in [-0.39, 0.29) is 6.10 Å². The topological polar surface area (TPSA) is 63.2 Å². The maximum atomic E-state index is 5.60. The van der Waals surface area contributed by atoms with Crippen LogP contribution in [0.15, 0.2) is 0 Å². The molecule has 114 valence electrons. The van der Waals surface area contributed by atoms with Gasteiger partial charge in [0.2, 0.25) is 11.9 Å². The molecule has 0 spiro atoms. The van der Waals surface area contributed by atoms with Crippen molar-refractivity contribution in [2.24, 2.45) is 0 Å². The molecule has 1 N–H and O–H groups in total. The van der Waals surface area contributed by atoms with Gasteiger partial charge in [0.25, 0.3) is 0 Å². The highest BCUT2D eigenvalue weighted by Gasteiger charge is 2.16. The van der Waals surface area contributed by atoms with Crippen molar-refractivity contribution in [3.05, 3.63) is 0 Å². The SMILES string of the molecule is CCCC(C)N(C)c1nc(NCC)nc(OC(C)C)n1. The second-order valence-electron chi connectivity index (χ2n) is 5.19. The summed E-state index contributed by atoms with van der Waals surface area (Å²) in [7, 11) is 2.00. The number of hydrogen-bond donors (Lipinski definition) is 1. The summed E-state index contributed by atoms with van der Waals surface area (Å²) < 4.78 is 5.60. The van der Waals surface area contributed by atoms with Crippen LogP contribution in [0.25, 0.3) is 0 Å². The normalized spacial score (nSPS) is 12.3. The zero-order chi connectivity index (χ0) is 15.1. The summed E-state index contributed by atoms with van der Waals surface area (Å²) in [5.41, 5.74) is 0. The van der Waals surface area contributed by atoms with E-state index in [0.29, 0.717) is 23.9 Å². The monoisotopic (exact) mass is 281 g/mol. The number of anilines is 2. The van der Waals surface area contributed by atoms with Crippen LogP contribution >= 0.6 is 0 Å². The van der Waals surface area contributed by atoms with Gasteiger partial charge in [0.05, 0.1) is 6.10 Å². The summed E-state index contributed by atoms with van der Waals surface area (Å²) in [5, 5.41) is 3.12. The number of nitrogens with one attached hydrogen (secondary N) is 1. The zero-order valence-electron chi connectivity index (χ0n) is 13.5. The van der Waals surface area contributed by atoms with Gasteiger partial charge < -0.3 is 15.0 Å². The summed E-state index contributed by atoms with van der Waals surface area (Å²) >= 11 is 0. The minimum Gasteiger partial charge on any atom is -0.461 e. The Balaban J connectivity index is 3.00. The molecule has 0 saturated carbocycles. The van der Waals surface area contributed by atoms with E-state index in [4.69, 9.17) is 4.74 Å². The maximum absolute atomic E-state index is 5.60. The molecule has 6 heteroatoms. The van der Waals surface area contributed by atoms with E-state index in [2.05, 4.69) is 39.0 Å². The summed E-state index contributed by atoms with van der Waals surface area (Å²) in [6.45, 7) is 11.0. The van der Waals surface area contributed by atoms with Gasteiger partial charge in [-0.2, -0.15) is 15.0 Å². The van der Waals surface area contributed by atoms with Crippen LogP contribution in [-0.4, -0.2) is 40.7 Å². The fraction of sp³-hybridized carbons (Fsp3) is 0.786. The molecule has 0 saturated heterocycles. The summed E-state index contributed by atoms with van der Waals surface area (Å²) in [5.74, 6) is 1.20. The molecule has 0 radical (unpaired) electrons. The molecule has 0 amide bonds. The third-order valence-electron chi connectivity index (χ3n) is 2.96. The molecule has 1 aromatic rings. The quantitative estimate of drug-likeness (QED) is 0.790. The molecular formula is C14H27N5O. The van der Waals surface area contributed by atoms with Gasteiger partial charge in [0, 0.05) is 19.6 Å². The maximum Gasteiger partial charge on any atom is 0.323 e. The third-order valence-corrected chi connectivity index (χ3v) is 2.96. The Morgan fingerprint density at radius 2 is 1.85 bits per heavy atom. The average Bonchev–Trinajstić information content (AvgIpc) is 2.37. The number of rotatable bonds is 8. The minimum atomic E-state index is 0.0399. The van der Waals surface area contributed by atoms with Crippen LogP contribution in [0.1, 0.15) is 47.5 Å². The number of nitrogens with zero attached hydrogens (tertiary/aromatic N) is 4. The number of ether oxygens (including phenoxy) is 1. The van der Waals surface area contributed by atoms with Gasteiger partial charge in [0.1, 0.15) is 0 Å². The molecule has 1 rings (SSSR count). The molecule has 0 aliphatic heterocycles. The predicted octanol–water partition coefficient (Wildman–Crippen LogP) is 2.72. The molecular weight excluding hydrogens is 254 g/mol. The van der Waals surface area contributed by atoms with Crippen molar-refractivity contribution in [3.63, 3.8) is 0 Å². The van der Waals surface area contributed by atoms with Gasteiger partial charge in [-0.05, 0) is 34.1 Å². The lowest BCUT2D eigenvalue weighted by molar-refractivity contribution is 0.222. The van der Waals surface area contributed by atoms with E-state index in [1.54, 1.807) is 0 Å². The molecule has 1 atom stereocenters. The molecule has 0 bridgehead atoms. The second-order valence-corrected chi connectivity index (χ2v) is 5.19. The highest BCUT2D eigenvalue weighted by Crippen LogP contribution is 2.18. The van der Waals surface area contributed by atoms with E-state index < -0.39 is 0 Å². The molecule has 20 heavy (non-hydrogen) atoms. The predicted molar refractivity (Wildman–Crippen MR) is 82.5 cm³/mol. The Hall–Kier alpha value is -1.59. The van der Waals surface area contributed by atoms with Gasteiger partial charge in [0.15, 0.2) is 0 Å². The molecule has 0 aliphatic carbocycles. The highest BCUT2D eigenvalue weighted by atomic mass is 16.5. The number of aromatic nitrogens is 3. The van der Waals surface area contributed by atoms with Crippen molar-refractivity contribution < 1.29 is 4.74 Å². The molecule has 0 aromatic carbocycles. The van der Waals surface area contributed by atoms with Crippen LogP contribution in [0.5, 0.6) is 6.01 Å². The average molecular weight is 281 g/mol. The lowest BCUT2D eigenvalue weighted by atomic mass is 10.2. The third kappa shape index (κ3) is 4.83. The van der Waals surface area contributed by atoms with E-state index in [1.165, 1.54) is 0 Å². The first-order chi connectivity index (χ1) is 9.47. The van der Waals surface area contributed by atoms with Crippen LogP contribution in [-0.2, 0) is 0 Å². The first-order valence-electron chi connectivity index (χ1n) is 7.37. The first-order valence-corrected chi connectivity index (χ1v) is 7.37. The van der Waals surface area contributed by atoms with Crippen molar-refractivity contribution in [2.45, 2.75) is 59.6 Å². The zero-order valence-corrected chi connectivity index (χ0v) is 13.5. The number of hydrogen-bond acceptors (Lipinski definition) is 6. The van der Waals surface area contributed by atoms with Crippen LogP contribution in [0.3, 0.4) is 0 Å².